The number of alkyl halides is 3. The topological polar surface area (TPSA) is 83.7 Å². The molecule has 0 aromatic carbocycles. The average molecular weight is 390 g/mol. The van der Waals surface area contributed by atoms with E-state index in [1.165, 1.54) is 0 Å². The molecule has 28 heavy (non-hydrogen) atoms. The number of nitrogens with two attached hydrogens (primary N) is 1. The Morgan fingerprint density at radius 1 is 1.21 bits per heavy atom. The summed E-state index contributed by atoms with van der Waals surface area (Å²) in [5, 5.41) is 0.941. The van der Waals surface area contributed by atoms with E-state index in [0.717, 1.165) is 41.8 Å². The maximum Gasteiger partial charge on any atom is 0.389 e. The molecule has 1 aliphatic heterocycles. The number of nitrogens with zero attached hydrogens (tertiary/aromatic N) is 4. The molecular weight excluding hydrogens is 369 g/mol. The van der Waals surface area contributed by atoms with Crippen molar-refractivity contribution in [1.82, 2.24) is 19.9 Å². The quantitative estimate of drug-likeness (QED) is 0.683. The first-order valence-corrected chi connectivity index (χ1v) is 9.27. The van der Waals surface area contributed by atoms with Crippen LogP contribution < -0.4 is 10.6 Å². The van der Waals surface area contributed by atoms with Gasteiger partial charge in [0.05, 0.1) is 11.1 Å². The second-order valence-corrected chi connectivity index (χ2v) is 7.16. The molecule has 0 spiro atoms. The molecule has 0 amide bonds. The fourth-order valence-corrected chi connectivity index (χ4v) is 3.91. The molecule has 0 radical (unpaired) electrons. The van der Waals surface area contributed by atoms with Crippen LogP contribution in [0.1, 0.15) is 25.7 Å². The number of anilines is 2. The molecule has 1 atom stereocenters. The number of aromatic nitrogens is 4. The number of H-pyrrole nitrogens is 1. The van der Waals surface area contributed by atoms with E-state index < -0.39 is 12.6 Å². The smallest absolute Gasteiger partial charge is 0.371 e. The highest BCUT2D eigenvalue weighted by Crippen LogP contribution is 2.37. The van der Waals surface area contributed by atoms with Gasteiger partial charge in [-0.25, -0.2) is 15.0 Å². The normalized spacial score (nSPS) is 17.5. The molecule has 0 aliphatic carbocycles. The van der Waals surface area contributed by atoms with Gasteiger partial charge in [-0.3, -0.25) is 0 Å². The first-order chi connectivity index (χ1) is 13.4. The Balaban J connectivity index is 1.57. The van der Waals surface area contributed by atoms with Crippen molar-refractivity contribution in [3.8, 4) is 11.3 Å². The standard InChI is InChI=1S/C19H21F3N6/c20-19(21,22)6-1-2-12-5-9-28(11-12)15-4-8-24-17-16(15)13(10-26-17)14-3-7-25-18(23)27-14/h3-4,7-8,10,12H,1-2,5-6,9,11H2,(H,24,26)(H2,23,25,27)/t12-/m0/s1. The van der Waals surface area contributed by atoms with Crippen LogP contribution in [0.3, 0.4) is 0 Å². The van der Waals surface area contributed by atoms with E-state index in [1.54, 1.807) is 18.5 Å². The molecule has 6 nitrogen and oxygen atoms in total. The lowest BCUT2D eigenvalue weighted by molar-refractivity contribution is -0.136. The zero-order valence-corrected chi connectivity index (χ0v) is 15.2. The molecule has 3 N–H and O–H groups in total. The molecule has 1 saturated heterocycles. The summed E-state index contributed by atoms with van der Waals surface area (Å²) in [6, 6.07) is 3.74. The third-order valence-electron chi connectivity index (χ3n) is 5.20. The zero-order valence-electron chi connectivity index (χ0n) is 15.2. The van der Waals surface area contributed by atoms with Crippen molar-refractivity contribution in [2.45, 2.75) is 31.9 Å². The van der Waals surface area contributed by atoms with Gasteiger partial charge in [-0.1, -0.05) is 0 Å². The lowest BCUT2D eigenvalue weighted by Gasteiger charge is -2.20. The molecule has 3 aromatic heterocycles. The molecule has 3 aromatic rings. The molecule has 4 rings (SSSR count). The first kappa shape index (κ1) is 18.5. The van der Waals surface area contributed by atoms with Gasteiger partial charge >= 0.3 is 6.18 Å². The summed E-state index contributed by atoms with van der Waals surface area (Å²) in [5.41, 5.74) is 9.06. The van der Waals surface area contributed by atoms with Crippen molar-refractivity contribution in [1.29, 1.82) is 0 Å². The number of nitrogen functional groups attached to an aromatic ring is 1. The van der Waals surface area contributed by atoms with Crippen LogP contribution in [0.25, 0.3) is 22.3 Å². The number of hydrogen-bond acceptors (Lipinski definition) is 5. The maximum absolute atomic E-state index is 12.4. The average Bonchev–Trinajstić information content (AvgIpc) is 3.27. The Kier molecular flexibility index (Phi) is 4.82. The summed E-state index contributed by atoms with van der Waals surface area (Å²) >= 11 is 0. The second-order valence-electron chi connectivity index (χ2n) is 7.16. The van der Waals surface area contributed by atoms with Crippen LogP contribution in [0.5, 0.6) is 0 Å². The molecule has 0 saturated carbocycles. The molecule has 4 heterocycles. The van der Waals surface area contributed by atoms with E-state index in [0.29, 0.717) is 12.1 Å². The van der Waals surface area contributed by atoms with Crippen LogP contribution in [0.4, 0.5) is 24.8 Å². The second kappa shape index (κ2) is 7.29. The Morgan fingerprint density at radius 3 is 2.82 bits per heavy atom. The van der Waals surface area contributed by atoms with Gasteiger partial charge in [-0.2, -0.15) is 13.2 Å². The Bertz CT molecular complexity index is 968. The highest BCUT2D eigenvalue weighted by atomic mass is 19.4. The number of hydrogen-bond donors (Lipinski definition) is 2. The molecule has 1 fully saturated rings. The van der Waals surface area contributed by atoms with Crippen molar-refractivity contribution in [3.63, 3.8) is 0 Å². The maximum atomic E-state index is 12.4. The molecule has 0 bridgehead atoms. The van der Waals surface area contributed by atoms with Gasteiger partial charge in [0, 0.05) is 49.4 Å². The Hall–Kier alpha value is -2.84. The van der Waals surface area contributed by atoms with Crippen molar-refractivity contribution >= 4 is 22.7 Å². The van der Waals surface area contributed by atoms with E-state index >= 15 is 0 Å². The van der Waals surface area contributed by atoms with E-state index in [4.69, 9.17) is 5.73 Å². The molecule has 0 unspecified atom stereocenters. The predicted octanol–water partition coefficient (Wildman–Crippen LogP) is 4.16. The fraction of sp³-hybridized carbons (Fsp3) is 0.421. The summed E-state index contributed by atoms with van der Waals surface area (Å²) in [4.78, 5) is 18.0. The van der Waals surface area contributed by atoms with Gasteiger partial charge in [-0.15, -0.1) is 0 Å². The van der Waals surface area contributed by atoms with Gasteiger partial charge in [0.1, 0.15) is 5.65 Å². The third-order valence-corrected chi connectivity index (χ3v) is 5.20. The lowest BCUT2D eigenvalue weighted by atomic mass is 10.0. The van der Waals surface area contributed by atoms with E-state index in [-0.39, 0.29) is 18.3 Å². The van der Waals surface area contributed by atoms with Crippen molar-refractivity contribution in [2.24, 2.45) is 5.92 Å². The van der Waals surface area contributed by atoms with Gasteiger partial charge in [0.2, 0.25) is 5.95 Å². The SMILES string of the molecule is Nc1nccc(-c2c[nH]c3nccc(N4CC[C@H](CCCC(F)(F)F)C4)c23)n1. The summed E-state index contributed by atoms with van der Waals surface area (Å²) in [7, 11) is 0. The number of aromatic amines is 1. The van der Waals surface area contributed by atoms with Crippen molar-refractivity contribution < 1.29 is 13.2 Å². The summed E-state index contributed by atoms with van der Waals surface area (Å²) < 4.78 is 37.2. The lowest BCUT2D eigenvalue weighted by Crippen LogP contribution is -2.20. The molecular formula is C19H21F3N6. The number of pyridine rings is 1. The molecule has 1 aliphatic rings. The predicted molar refractivity (Wildman–Crippen MR) is 102 cm³/mol. The van der Waals surface area contributed by atoms with Crippen LogP contribution in [-0.2, 0) is 0 Å². The Labute approximate surface area is 160 Å². The van der Waals surface area contributed by atoms with Gasteiger partial charge in [-0.05, 0) is 37.3 Å². The summed E-state index contributed by atoms with van der Waals surface area (Å²) in [6.07, 6.45) is 2.08. The number of nitrogens with one attached hydrogen (secondary N) is 1. The van der Waals surface area contributed by atoms with Gasteiger partial charge in [0.25, 0.3) is 0 Å². The van der Waals surface area contributed by atoms with Crippen LogP contribution >= 0.6 is 0 Å². The van der Waals surface area contributed by atoms with Gasteiger partial charge < -0.3 is 15.6 Å². The van der Waals surface area contributed by atoms with E-state index in [9.17, 15) is 13.2 Å². The fourth-order valence-electron chi connectivity index (χ4n) is 3.91. The number of fused-ring (bicyclic) bond motifs is 1. The largest absolute Gasteiger partial charge is 0.389 e. The van der Waals surface area contributed by atoms with Crippen LogP contribution in [-0.4, -0.2) is 39.2 Å². The first-order valence-electron chi connectivity index (χ1n) is 9.27. The van der Waals surface area contributed by atoms with Crippen LogP contribution in [0, 0.1) is 5.92 Å². The van der Waals surface area contributed by atoms with Crippen molar-refractivity contribution in [3.05, 3.63) is 30.7 Å². The highest BCUT2D eigenvalue weighted by molar-refractivity contribution is 6.02. The summed E-state index contributed by atoms with van der Waals surface area (Å²) in [5.74, 6) is 0.464. The zero-order chi connectivity index (χ0) is 19.7. The molecule has 148 valence electrons. The van der Waals surface area contributed by atoms with Crippen molar-refractivity contribution in [2.75, 3.05) is 23.7 Å². The monoisotopic (exact) mass is 390 g/mol. The van der Waals surface area contributed by atoms with Gasteiger partial charge in [0.15, 0.2) is 0 Å². The van der Waals surface area contributed by atoms with Crippen LogP contribution in [0.15, 0.2) is 30.7 Å². The minimum atomic E-state index is -4.07. The third kappa shape index (κ3) is 3.88. The summed E-state index contributed by atoms with van der Waals surface area (Å²) in [6.45, 7) is 1.56. The highest BCUT2D eigenvalue weighted by Gasteiger charge is 2.29. The number of rotatable bonds is 5. The minimum absolute atomic E-state index is 0.184. The van der Waals surface area contributed by atoms with Crippen LogP contribution in [0.2, 0.25) is 0 Å². The minimum Gasteiger partial charge on any atom is -0.371 e. The molecule has 9 heteroatoms. The Morgan fingerprint density at radius 2 is 2.04 bits per heavy atom. The van der Waals surface area contributed by atoms with E-state index in [2.05, 4.69) is 24.8 Å². The van der Waals surface area contributed by atoms with E-state index in [1.807, 2.05) is 12.3 Å². The number of halogens is 3.